The van der Waals surface area contributed by atoms with E-state index in [1.54, 1.807) is 17.0 Å². The average molecular weight is 578 g/mol. The third-order valence-corrected chi connectivity index (χ3v) is 7.89. The Hall–Kier alpha value is -4.43. The molecule has 2 heterocycles. The first-order valence-corrected chi connectivity index (χ1v) is 14.4. The highest BCUT2D eigenvalue weighted by Crippen LogP contribution is 2.39. The molecule has 0 aliphatic carbocycles. The van der Waals surface area contributed by atoms with Crippen LogP contribution in [0.25, 0.3) is 11.3 Å². The summed E-state index contributed by atoms with van der Waals surface area (Å²) in [5, 5.41) is 7.00. The number of likely N-dealkylation sites (N-methyl/N-ethyl adjacent to an activating group) is 1. The second-order valence-corrected chi connectivity index (χ2v) is 11.0. The molecule has 2 amide bonds. The molecule has 0 unspecified atom stereocenters. The molecule has 6 rings (SSSR count). The Morgan fingerprint density at radius 2 is 1.50 bits per heavy atom. The normalized spacial score (nSPS) is 16.5. The molecule has 2 aliphatic rings. The fourth-order valence-corrected chi connectivity index (χ4v) is 5.57. The lowest BCUT2D eigenvalue weighted by molar-refractivity contribution is -0.119. The number of carbonyl (C=O) groups is 2. The van der Waals surface area contributed by atoms with Crippen LogP contribution >= 0.6 is 11.6 Å². The highest BCUT2D eigenvalue weighted by Gasteiger charge is 2.29. The standard InChI is InChI=1S/C34H32ClN5O2/c1-38-18-20-39(21-19-38)23-31(41)40(27-10-6-3-7-11-27)28-15-13-26(14-16-28)36-33(24-8-4-2-5-9-24)32-29-17-12-25(35)22-30(29)37-34(32)42/h2-17,22,36H,18-21,23H2,1H3,(H,37,42)/b33-32-. The van der Waals surface area contributed by atoms with Gasteiger partial charge in [0.2, 0.25) is 5.91 Å². The topological polar surface area (TPSA) is 67.9 Å². The van der Waals surface area contributed by atoms with E-state index in [1.807, 2.05) is 91.0 Å². The van der Waals surface area contributed by atoms with Gasteiger partial charge in [-0.3, -0.25) is 19.4 Å². The minimum atomic E-state index is -0.194. The van der Waals surface area contributed by atoms with Crippen molar-refractivity contribution < 1.29 is 9.59 Å². The molecule has 2 aliphatic heterocycles. The zero-order valence-electron chi connectivity index (χ0n) is 23.4. The summed E-state index contributed by atoms with van der Waals surface area (Å²) in [6, 6.07) is 32.7. The number of fused-ring (bicyclic) bond motifs is 1. The molecule has 1 fully saturated rings. The predicted octanol–water partition coefficient (Wildman–Crippen LogP) is 6.18. The lowest BCUT2D eigenvalue weighted by atomic mass is 10.00. The van der Waals surface area contributed by atoms with Crippen molar-refractivity contribution >= 4 is 57.4 Å². The van der Waals surface area contributed by atoms with Crippen molar-refractivity contribution in [3.05, 3.63) is 119 Å². The molecule has 0 bridgehead atoms. The van der Waals surface area contributed by atoms with Crippen molar-refractivity contribution in [2.45, 2.75) is 0 Å². The van der Waals surface area contributed by atoms with Crippen molar-refractivity contribution in [3.8, 4) is 0 Å². The van der Waals surface area contributed by atoms with Gasteiger partial charge < -0.3 is 15.5 Å². The number of anilines is 4. The zero-order valence-corrected chi connectivity index (χ0v) is 24.1. The predicted molar refractivity (Wildman–Crippen MR) is 171 cm³/mol. The highest BCUT2D eigenvalue weighted by molar-refractivity contribution is 6.38. The van der Waals surface area contributed by atoms with E-state index in [-0.39, 0.29) is 11.8 Å². The van der Waals surface area contributed by atoms with Crippen LogP contribution in [-0.2, 0) is 9.59 Å². The summed E-state index contributed by atoms with van der Waals surface area (Å²) in [4.78, 5) is 33.2. The van der Waals surface area contributed by atoms with Gasteiger partial charge >= 0.3 is 0 Å². The maximum Gasteiger partial charge on any atom is 0.258 e. The number of benzene rings is 4. The molecule has 0 radical (unpaired) electrons. The smallest absolute Gasteiger partial charge is 0.258 e. The Morgan fingerprint density at radius 3 is 2.19 bits per heavy atom. The first kappa shape index (κ1) is 27.7. The minimum absolute atomic E-state index is 0.0245. The van der Waals surface area contributed by atoms with E-state index >= 15 is 0 Å². The van der Waals surface area contributed by atoms with Gasteiger partial charge in [0.25, 0.3) is 5.91 Å². The number of nitrogens with one attached hydrogen (secondary N) is 2. The second-order valence-electron chi connectivity index (χ2n) is 10.6. The SMILES string of the molecule is CN1CCN(CC(=O)N(c2ccccc2)c2ccc(N/C(=C3\C(=O)Nc4cc(Cl)ccc43)c3ccccc3)cc2)CC1. The van der Waals surface area contributed by atoms with E-state index < -0.39 is 0 Å². The molecule has 1 saturated heterocycles. The molecule has 7 nitrogen and oxygen atoms in total. The minimum Gasteiger partial charge on any atom is -0.354 e. The molecule has 42 heavy (non-hydrogen) atoms. The van der Waals surface area contributed by atoms with Crippen LogP contribution in [0.1, 0.15) is 11.1 Å². The summed E-state index contributed by atoms with van der Waals surface area (Å²) in [7, 11) is 2.11. The lowest BCUT2D eigenvalue weighted by Crippen LogP contribution is -2.48. The molecule has 2 N–H and O–H groups in total. The maximum atomic E-state index is 13.7. The van der Waals surface area contributed by atoms with Crippen LogP contribution < -0.4 is 15.5 Å². The van der Waals surface area contributed by atoms with E-state index in [9.17, 15) is 9.59 Å². The Labute approximate surface area is 251 Å². The van der Waals surface area contributed by atoms with Crippen LogP contribution in [0.3, 0.4) is 0 Å². The van der Waals surface area contributed by atoms with Crippen molar-refractivity contribution in [2.75, 3.05) is 55.3 Å². The summed E-state index contributed by atoms with van der Waals surface area (Å²) < 4.78 is 0. The van der Waals surface area contributed by atoms with Gasteiger partial charge in [-0.25, -0.2) is 0 Å². The Morgan fingerprint density at radius 1 is 0.857 bits per heavy atom. The number of amides is 2. The first-order valence-electron chi connectivity index (χ1n) is 14.0. The van der Waals surface area contributed by atoms with Gasteiger partial charge in [0.05, 0.1) is 23.5 Å². The number of hydrogen-bond donors (Lipinski definition) is 2. The summed E-state index contributed by atoms with van der Waals surface area (Å²) in [6.07, 6.45) is 0. The van der Waals surface area contributed by atoms with Crippen molar-refractivity contribution in [1.82, 2.24) is 9.80 Å². The molecule has 4 aromatic carbocycles. The van der Waals surface area contributed by atoms with Crippen molar-refractivity contribution in [2.24, 2.45) is 0 Å². The number of hydrogen-bond acceptors (Lipinski definition) is 5. The zero-order chi connectivity index (χ0) is 29.1. The van der Waals surface area contributed by atoms with Gasteiger partial charge in [0, 0.05) is 53.8 Å². The van der Waals surface area contributed by atoms with Gasteiger partial charge in [0.15, 0.2) is 0 Å². The Kier molecular flexibility index (Phi) is 8.06. The van der Waals surface area contributed by atoms with Gasteiger partial charge in [-0.05, 0) is 61.1 Å². The van der Waals surface area contributed by atoms with Crippen LogP contribution in [0.5, 0.6) is 0 Å². The molecular formula is C34H32ClN5O2. The van der Waals surface area contributed by atoms with Crippen molar-refractivity contribution in [3.63, 3.8) is 0 Å². The van der Waals surface area contributed by atoms with E-state index in [4.69, 9.17) is 11.6 Å². The maximum absolute atomic E-state index is 13.7. The first-order chi connectivity index (χ1) is 20.5. The van der Waals surface area contributed by atoms with Crippen LogP contribution in [0.2, 0.25) is 5.02 Å². The summed E-state index contributed by atoms with van der Waals surface area (Å²) in [5.41, 5.74) is 5.98. The number of para-hydroxylation sites is 1. The number of halogens is 1. The molecule has 212 valence electrons. The van der Waals surface area contributed by atoms with Crippen LogP contribution in [0.15, 0.2) is 103 Å². The second kappa shape index (κ2) is 12.2. The molecule has 0 aromatic heterocycles. The lowest BCUT2D eigenvalue weighted by Gasteiger charge is -2.33. The highest BCUT2D eigenvalue weighted by atomic mass is 35.5. The largest absolute Gasteiger partial charge is 0.354 e. The van der Waals surface area contributed by atoms with Gasteiger partial charge in [-0.2, -0.15) is 0 Å². The molecule has 4 aromatic rings. The summed E-state index contributed by atoms with van der Waals surface area (Å²) in [6.45, 7) is 3.99. The van der Waals surface area contributed by atoms with Crippen LogP contribution in [0, 0.1) is 0 Å². The average Bonchev–Trinajstić information content (AvgIpc) is 3.33. The van der Waals surface area contributed by atoms with E-state index in [2.05, 4.69) is 27.5 Å². The quantitative estimate of drug-likeness (QED) is 0.257. The number of carbonyl (C=O) groups excluding carboxylic acids is 2. The molecular weight excluding hydrogens is 546 g/mol. The van der Waals surface area contributed by atoms with Gasteiger partial charge in [0.1, 0.15) is 0 Å². The van der Waals surface area contributed by atoms with E-state index in [0.717, 1.165) is 54.4 Å². The Balaban J connectivity index is 1.32. The number of nitrogens with zero attached hydrogens (tertiary/aromatic N) is 3. The molecule has 0 saturated carbocycles. The fraction of sp³-hybridized carbons (Fsp3) is 0.176. The van der Waals surface area contributed by atoms with Crippen molar-refractivity contribution in [1.29, 1.82) is 0 Å². The van der Waals surface area contributed by atoms with E-state index in [0.29, 0.717) is 28.5 Å². The fourth-order valence-electron chi connectivity index (χ4n) is 5.40. The van der Waals surface area contributed by atoms with Crippen LogP contribution in [-0.4, -0.2) is 61.4 Å². The summed E-state index contributed by atoms with van der Waals surface area (Å²) >= 11 is 6.20. The third kappa shape index (κ3) is 5.94. The number of rotatable bonds is 7. The monoisotopic (exact) mass is 577 g/mol. The van der Waals surface area contributed by atoms with E-state index in [1.165, 1.54) is 0 Å². The van der Waals surface area contributed by atoms with Gasteiger partial charge in [-0.1, -0.05) is 66.2 Å². The molecule has 0 atom stereocenters. The third-order valence-electron chi connectivity index (χ3n) is 7.65. The Bertz CT molecular complexity index is 1620. The number of piperazine rings is 1. The van der Waals surface area contributed by atoms with Gasteiger partial charge in [-0.15, -0.1) is 0 Å². The molecule has 0 spiro atoms. The molecule has 8 heteroatoms. The summed E-state index contributed by atoms with van der Waals surface area (Å²) in [5.74, 6) is -0.170. The van der Waals surface area contributed by atoms with Crippen LogP contribution in [0.4, 0.5) is 22.7 Å².